The van der Waals surface area contributed by atoms with Crippen molar-refractivity contribution in [1.82, 2.24) is 19.9 Å². The molecule has 114 valence electrons. The summed E-state index contributed by atoms with van der Waals surface area (Å²) in [6.45, 7) is 1.84. The Labute approximate surface area is 130 Å². The third kappa shape index (κ3) is 5.77. The first-order valence-corrected chi connectivity index (χ1v) is 8.47. The summed E-state index contributed by atoms with van der Waals surface area (Å²) in [4.78, 5) is 4.36. The molecule has 21 heavy (non-hydrogen) atoms. The summed E-state index contributed by atoms with van der Waals surface area (Å²) in [5.74, 6) is 0.822. The number of ether oxygens (including phenoxy) is 1. The van der Waals surface area contributed by atoms with Gasteiger partial charge in [-0.3, -0.25) is 14.8 Å². The maximum absolute atomic E-state index is 5.70. The molecule has 2 aromatic rings. The molecule has 0 aliphatic heterocycles. The number of hydrogen-bond acceptors (Lipinski definition) is 5. The van der Waals surface area contributed by atoms with Gasteiger partial charge in [0.25, 0.3) is 0 Å². The van der Waals surface area contributed by atoms with E-state index in [1.165, 1.54) is 19.3 Å². The zero-order valence-electron chi connectivity index (χ0n) is 12.3. The van der Waals surface area contributed by atoms with Crippen molar-refractivity contribution >= 4 is 11.9 Å². The van der Waals surface area contributed by atoms with E-state index in [2.05, 4.69) is 26.2 Å². The smallest absolute Gasteiger partial charge is 0.137 e. The fourth-order valence-electron chi connectivity index (χ4n) is 1.97. The minimum atomic E-state index is 0.751. The third-order valence-corrected chi connectivity index (χ3v) is 3.59. The van der Waals surface area contributed by atoms with E-state index in [0.29, 0.717) is 0 Å². The largest absolute Gasteiger partial charge is 0.492 e. The van der Waals surface area contributed by atoms with E-state index in [9.17, 15) is 0 Å². The van der Waals surface area contributed by atoms with Crippen LogP contribution in [-0.2, 0) is 0 Å². The number of H-pyrrole nitrogens is 1. The molecule has 0 atom stereocenters. The Morgan fingerprint density at radius 1 is 1.19 bits per heavy atom. The van der Waals surface area contributed by atoms with Gasteiger partial charge in [-0.05, 0) is 37.3 Å². The monoisotopic (exact) mass is 306 g/mol. The minimum Gasteiger partial charge on any atom is -0.492 e. The van der Waals surface area contributed by atoms with Gasteiger partial charge in [0.05, 0.1) is 24.2 Å². The van der Waals surface area contributed by atoms with Crippen LogP contribution in [0.5, 0.6) is 5.75 Å². The molecular formula is C15H22N4OS. The topological polar surface area (TPSA) is 62.8 Å². The van der Waals surface area contributed by atoms with E-state index < -0.39 is 0 Å². The van der Waals surface area contributed by atoms with Crippen molar-refractivity contribution < 1.29 is 4.74 Å². The van der Waals surface area contributed by atoms with Crippen molar-refractivity contribution in [2.24, 2.45) is 0 Å². The van der Waals surface area contributed by atoms with Crippen molar-refractivity contribution in [1.29, 1.82) is 0 Å². The standard InChI is InChI=1S/C15H22N4OS/c1-21-18-9-4-2-3-5-11-20-13-6-7-14(16-12-13)15-8-10-17-19-15/h6-8,10,12,18H,2-5,9,11H2,1H3,(H,17,19). The fraction of sp³-hybridized carbons (Fsp3) is 0.467. The summed E-state index contributed by atoms with van der Waals surface area (Å²) in [7, 11) is 0. The van der Waals surface area contributed by atoms with Crippen LogP contribution >= 0.6 is 11.9 Å². The molecule has 0 fully saturated rings. The molecule has 2 N–H and O–H groups in total. The van der Waals surface area contributed by atoms with Crippen LogP contribution in [0.25, 0.3) is 11.4 Å². The molecule has 0 spiro atoms. The van der Waals surface area contributed by atoms with Crippen molar-refractivity contribution in [2.45, 2.75) is 25.7 Å². The van der Waals surface area contributed by atoms with Crippen LogP contribution in [0.1, 0.15) is 25.7 Å². The quantitative estimate of drug-likeness (QED) is 0.521. The molecule has 0 aliphatic carbocycles. The molecular weight excluding hydrogens is 284 g/mol. The minimum absolute atomic E-state index is 0.751. The van der Waals surface area contributed by atoms with Crippen LogP contribution in [0, 0.1) is 0 Å². The molecule has 0 aromatic carbocycles. The third-order valence-electron chi connectivity index (χ3n) is 3.10. The molecule has 6 heteroatoms. The molecule has 0 bridgehead atoms. The highest BCUT2D eigenvalue weighted by Crippen LogP contribution is 2.17. The van der Waals surface area contributed by atoms with Crippen LogP contribution in [0.3, 0.4) is 0 Å². The Hall–Kier alpha value is -1.53. The van der Waals surface area contributed by atoms with E-state index in [1.54, 1.807) is 24.3 Å². The average Bonchev–Trinajstić information content (AvgIpc) is 3.05. The number of unbranched alkanes of at least 4 members (excludes halogenated alkanes) is 3. The highest BCUT2D eigenvalue weighted by atomic mass is 32.2. The van der Waals surface area contributed by atoms with Crippen LogP contribution in [0.15, 0.2) is 30.6 Å². The van der Waals surface area contributed by atoms with Crippen molar-refractivity contribution in [2.75, 3.05) is 19.4 Å². The van der Waals surface area contributed by atoms with Gasteiger partial charge in [-0.2, -0.15) is 5.10 Å². The number of pyridine rings is 1. The Kier molecular flexibility index (Phi) is 7.11. The number of nitrogens with zero attached hydrogens (tertiary/aromatic N) is 2. The maximum Gasteiger partial charge on any atom is 0.137 e. The molecule has 2 aromatic heterocycles. The lowest BCUT2D eigenvalue weighted by molar-refractivity contribution is 0.303. The Morgan fingerprint density at radius 3 is 2.81 bits per heavy atom. The molecule has 2 heterocycles. The first kappa shape index (κ1) is 15.9. The summed E-state index contributed by atoms with van der Waals surface area (Å²) >= 11 is 1.68. The summed E-state index contributed by atoms with van der Waals surface area (Å²) in [6.07, 6.45) is 10.3. The van der Waals surface area contributed by atoms with Crippen molar-refractivity contribution in [3.8, 4) is 17.1 Å². The van der Waals surface area contributed by atoms with Gasteiger partial charge in [0.1, 0.15) is 5.75 Å². The van der Waals surface area contributed by atoms with Crippen LogP contribution in [0.4, 0.5) is 0 Å². The summed E-state index contributed by atoms with van der Waals surface area (Å²) < 4.78 is 8.95. The van der Waals surface area contributed by atoms with Crippen LogP contribution in [-0.4, -0.2) is 34.6 Å². The average molecular weight is 306 g/mol. The van der Waals surface area contributed by atoms with E-state index in [1.807, 2.05) is 18.2 Å². The van der Waals surface area contributed by atoms with Gasteiger partial charge in [0.15, 0.2) is 0 Å². The Bertz CT molecular complexity index is 487. The van der Waals surface area contributed by atoms with Crippen molar-refractivity contribution in [3.05, 3.63) is 30.6 Å². The summed E-state index contributed by atoms with van der Waals surface area (Å²) in [5.41, 5.74) is 1.79. The molecule has 0 radical (unpaired) electrons. The zero-order chi connectivity index (χ0) is 14.8. The molecule has 0 amide bonds. The molecule has 2 rings (SSSR count). The number of aromatic nitrogens is 3. The summed E-state index contributed by atoms with van der Waals surface area (Å²) in [6, 6.07) is 5.79. The van der Waals surface area contributed by atoms with Gasteiger partial charge in [0.2, 0.25) is 0 Å². The Balaban J connectivity index is 1.61. The lowest BCUT2D eigenvalue weighted by Gasteiger charge is -2.06. The van der Waals surface area contributed by atoms with Gasteiger partial charge in [-0.15, -0.1) is 0 Å². The van der Waals surface area contributed by atoms with Gasteiger partial charge < -0.3 is 4.74 Å². The normalized spacial score (nSPS) is 10.7. The highest BCUT2D eigenvalue weighted by Gasteiger charge is 2.01. The van der Waals surface area contributed by atoms with E-state index in [0.717, 1.165) is 36.7 Å². The van der Waals surface area contributed by atoms with Gasteiger partial charge >= 0.3 is 0 Å². The van der Waals surface area contributed by atoms with Gasteiger partial charge in [0, 0.05) is 12.7 Å². The highest BCUT2D eigenvalue weighted by molar-refractivity contribution is 7.96. The first-order valence-electron chi connectivity index (χ1n) is 7.24. The Morgan fingerprint density at radius 2 is 2.10 bits per heavy atom. The van der Waals surface area contributed by atoms with E-state index in [-0.39, 0.29) is 0 Å². The van der Waals surface area contributed by atoms with Crippen LogP contribution < -0.4 is 9.46 Å². The second-order valence-electron chi connectivity index (χ2n) is 4.71. The number of nitrogens with one attached hydrogen (secondary N) is 2. The second-order valence-corrected chi connectivity index (χ2v) is 5.41. The second kappa shape index (κ2) is 9.41. The first-order chi connectivity index (χ1) is 10.4. The van der Waals surface area contributed by atoms with Crippen LogP contribution in [0.2, 0.25) is 0 Å². The molecule has 0 unspecified atom stereocenters. The maximum atomic E-state index is 5.70. The number of rotatable bonds is 10. The molecule has 0 saturated carbocycles. The van der Waals surface area contributed by atoms with E-state index in [4.69, 9.17) is 4.74 Å². The predicted molar refractivity (Wildman–Crippen MR) is 87.3 cm³/mol. The zero-order valence-corrected chi connectivity index (χ0v) is 13.2. The lowest BCUT2D eigenvalue weighted by Crippen LogP contribution is -2.04. The molecule has 5 nitrogen and oxygen atoms in total. The number of aromatic amines is 1. The van der Waals surface area contributed by atoms with Gasteiger partial charge in [-0.1, -0.05) is 24.8 Å². The van der Waals surface area contributed by atoms with Crippen molar-refractivity contribution in [3.63, 3.8) is 0 Å². The fourth-order valence-corrected chi connectivity index (χ4v) is 2.32. The van der Waals surface area contributed by atoms with Gasteiger partial charge in [-0.25, -0.2) is 0 Å². The molecule has 0 saturated heterocycles. The predicted octanol–water partition coefficient (Wildman–Crippen LogP) is 3.28. The lowest BCUT2D eigenvalue weighted by atomic mass is 10.2. The molecule has 0 aliphatic rings. The van der Waals surface area contributed by atoms with E-state index >= 15 is 0 Å². The summed E-state index contributed by atoms with van der Waals surface area (Å²) in [5, 5.41) is 6.81. The SMILES string of the molecule is CSNCCCCCCOc1ccc(-c2ccn[nH]2)nc1. The number of hydrogen-bond donors (Lipinski definition) is 2.